The van der Waals surface area contributed by atoms with E-state index in [0.29, 0.717) is 24.5 Å². The molecule has 0 atom stereocenters. The van der Waals surface area contributed by atoms with Crippen molar-refractivity contribution in [2.24, 2.45) is 0 Å². The van der Waals surface area contributed by atoms with Gasteiger partial charge in [0.05, 0.1) is 23.0 Å². The topological polar surface area (TPSA) is 77.1 Å². The van der Waals surface area contributed by atoms with Crippen LogP contribution in [0, 0.1) is 0 Å². The number of aryl methyl sites for hydroxylation is 1. The average molecular weight is 357 g/mol. The maximum atomic E-state index is 12.5. The number of carbonyl (C=O) groups excluding carboxylic acids is 1. The lowest BCUT2D eigenvalue weighted by molar-refractivity contribution is -0.118. The first kappa shape index (κ1) is 17.3. The SMILES string of the molecule is CCn1c(=O)c(SCC(=O)NCCc2ccco2)nc2ccccc21. The van der Waals surface area contributed by atoms with E-state index in [-0.39, 0.29) is 17.2 Å². The first-order valence-electron chi connectivity index (χ1n) is 8.10. The van der Waals surface area contributed by atoms with Crippen LogP contribution in [0.2, 0.25) is 0 Å². The third-order valence-electron chi connectivity index (χ3n) is 3.75. The Bertz CT molecular complexity index is 919. The zero-order valence-electron chi connectivity index (χ0n) is 13.9. The number of nitrogens with zero attached hydrogens (tertiary/aromatic N) is 2. The van der Waals surface area contributed by atoms with Crippen LogP contribution >= 0.6 is 11.8 Å². The number of para-hydroxylation sites is 2. The van der Waals surface area contributed by atoms with Gasteiger partial charge in [0.15, 0.2) is 5.03 Å². The van der Waals surface area contributed by atoms with E-state index in [1.54, 1.807) is 10.8 Å². The monoisotopic (exact) mass is 357 g/mol. The Hall–Kier alpha value is -2.54. The van der Waals surface area contributed by atoms with Crippen molar-refractivity contribution in [2.75, 3.05) is 12.3 Å². The largest absolute Gasteiger partial charge is 0.469 e. The molecule has 0 saturated heterocycles. The summed E-state index contributed by atoms with van der Waals surface area (Å²) < 4.78 is 6.90. The number of amides is 1. The number of aromatic nitrogens is 2. The molecular formula is C18H19N3O3S. The fourth-order valence-corrected chi connectivity index (χ4v) is 3.31. The quantitative estimate of drug-likeness (QED) is 0.657. The average Bonchev–Trinajstić information content (AvgIpc) is 3.13. The van der Waals surface area contributed by atoms with Crippen LogP contribution in [0.25, 0.3) is 11.0 Å². The summed E-state index contributed by atoms with van der Waals surface area (Å²) in [6, 6.07) is 11.2. The van der Waals surface area contributed by atoms with Gasteiger partial charge in [0, 0.05) is 19.5 Å². The summed E-state index contributed by atoms with van der Waals surface area (Å²) in [4.78, 5) is 28.9. The van der Waals surface area contributed by atoms with Crippen LogP contribution in [-0.2, 0) is 17.8 Å². The predicted molar refractivity (Wildman–Crippen MR) is 97.8 cm³/mol. The number of hydrogen-bond acceptors (Lipinski definition) is 5. The molecule has 3 rings (SSSR count). The normalized spacial score (nSPS) is 10.9. The molecule has 0 fully saturated rings. The number of rotatable bonds is 7. The molecule has 0 aliphatic heterocycles. The summed E-state index contributed by atoms with van der Waals surface area (Å²) in [6.07, 6.45) is 2.25. The first-order valence-corrected chi connectivity index (χ1v) is 9.09. The smallest absolute Gasteiger partial charge is 0.283 e. The van der Waals surface area contributed by atoms with Gasteiger partial charge in [-0.2, -0.15) is 0 Å². The highest BCUT2D eigenvalue weighted by Crippen LogP contribution is 2.16. The van der Waals surface area contributed by atoms with Gasteiger partial charge >= 0.3 is 0 Å². The number of fused-ring (bicyclic) bond motifs is 1. The van der Waals surface area contributed by atoms with Crippen molar-refractivity contribution in [3.8, 4) is 0 Å². The van der Waals surface area contributed by atoms with Crippen LogP contribution in [-0.4, -0.2) is 27.8 Å². The summed E-state index contributed by atoms with van der Waals surface area (Å²) >= 11 is 1.17. The molecule has 0 unspecified atom stereocenters. The molecule has 0 radical (unpaired) electrons. The maximum absolute atomic E-state index is 12.5. The Balaban J connectivity index is 1.63. The van der Waals surface area contributed by atoms with Crippen LogP contribution in [0.4, 0.5) is 0 Å². The Morgan fingerprint density at radius 3 is 2.88 bits per heavy atom. The minimum atomic E-state index is -0.158. The minimum Gasteiger partial charge on any atom is -0.469 e. The number of nitrogens with one attached hydrogen (secondary N) is 1. The fraction of sp³-hybridized carbons (Fsp3) is 0.278. The Morgan fingerprint density at radius 1 is 1.28 bits per heavy atom. The van der Waals surface area contributed by atoms with Crippen molar-refractivity contribution in [1.29, 1.82) is 0 Å². The molecule has 0 saturated carbocycles. The van der Waals surface area contributed by atoms with Gasteiger partial charge in [0.1, 0.15) is 5.76 Å². The Morgan fingerprint density at radius 2 is 2.12 bits per heavy atom. The lowest BCUT2D eigenvalue weighted by Gasteiger charge is -2.10. The van der Waals surface area contributed by atoms with Gasteiger partial charge < -0.3 is 14.3 Å². The summed E-state index contributed by atoms with van der Waals surface area (Å²) in [6.45, 7) is 2.98. The van der Waals surface area contributed by atoms with Gasteiger partial charge in [-0.3, -0.25) is 9.59 Å². The number of carbonyl (C=O) groups is 1. The zero-order chi connectivity index (χ0) is 17.6. The van der Waals surface area contributed by atoms with Crippen molar-refractivity contribution in [3.05, 3.63) is 58.8 Å². The molecular weight excluding hydrogens is 338 g/mol. The number of benzene rings is 1. The van der Waals surface area contributed by atoms with Crippen LogP contribution in [0.5, 0.6) is 0 Å². The third-order valence-corrected chi connectivity index (χ3v) is 4.70. The van der Waals surface area contributed by atoms with Crippen molar-refractivity contribution in [3.63, 3.8) is 0 Å². The maximum Gasteiger partial charge on any atom is 0.283 e. The van der Waals surface area contributed by atoms with Crippen LogP contribution < -0.4 is 10.9 Å². The van der Waals surface area contributed by atoms with Crippen LogP contribution in [0.1, 0.15) is 12.7 Å². The van der Waals surface area contributed by atoms with E-state index in [4.69, 9.17) is 4.42 Å². The molecule has 1 aromatic carbocycles. The molecule has 1 amide bonds. The predicted octanol–water partition coefficient (Wildman–Crippen LogP) is 2.46. The molecule has 0 aliphatic carbocycles. The van der Waals surface area contributed by atoms with Crippen molar-refractivity contribution in [2.45, 2.75) is 24.9 Å². The molecule has 1 N–H and O–H groups in total. The highest BCUT2D eigenvalue weighted by molar-refractivity contribution is 7.99. The summed E-state index contributed by atoms with van der Waals surface area (Å²) in [5.74, 6) is 0.853. The van der Waals surface area contributed by atoms with E-state index in [1.165, 1.54) is 11.8 Å². The molecule has 7 heteroatoms. The summed E-state index contributed by atoms with van der Waals surface area (Å²) in [5.41, 5.74) is 1.40. The summed E-state index contributed by atoms with van der Waals surface area (Å²) in [7, 11) is 0. The molecule has 3 aromatic rings. The molecule has 130 valence electrons. The second-order valence-electron chi connectivity index (χ2n) is 5.42. The van der Waals surface area contributed by atoms with E-state index in [9.17, 15) is 9.59 Å². The molecule has 2 aromatic heterocycles. The van der Waals surface area contributed by atoms with Gasteiger partial charge in [0.25, 0.3) is 5.56 Å². The zero-order valence-corrected chi connectivity index (χ0v) is 14.7. The summed E-state index contributed by atoms with van der Waals surface area (Å²) in [5, 5.41) is 3.17. The van der Waals surface area contributed by atoms with E-state index in [0.717, 1.165) is 16.8 Å². The first-order chi connectivity index (χ1) is 12.2. The standard InChI is InChI=1S/C18H19N3O3S/c1-2-21-15-8-4-3-7-14(15)20-17(18(21)23)25-12-16(22)19-10-9-13-6-5-11-24-13/h3-8,11H,2,9-10,12H2,1H3,(H,19,22). The second kappa shape index (κ2) is 8.02. The lowest BCUT2D eigenvalue weighted by atomic mass is 10.3. The van der Waals surface area contributed by atoms with E-state index < -0.39 is 0 Å². The van der Waals surface area contributed by atoms with Crippen molar-refractivity contribution in [1.82, 2.24) is 14.9 Å². The second-order valence-corrected chi connectivity index (χ2v) is 6.39. The van der Waals surface area contributed by atoms with Gasteiger partial charge in [0.2, 0.25) is 5.91 Å². The van der Waals surface area contributed by atoms with Crippen molar-refractivity contribution < 1.29 is 9.21 Å². The van der Waals surface area contributed by atoms with Crippen LogP contribution in [0.15, 0.2) is 56.9 Å². The number of furan rings is 1. The van der Waals surface area contributed by atoms with Gasteiger partial charge in [-0.25, -0.2) is 4.98 Å². The van der Waals surface area contributed by atoms with E-state index in [2.05, 4.69) is 10.3 Å². The Kier molecular flexibility index (Phi) is 5.55. The molecule has 0 bridgehead atoms. The van der Waals surface area contributed by atoms with Crippen molar-refractivity contribution >= 4 is 28.7 Å². The number of hydrogen-bond donors (Lipinski definition) is 1. The minimum absolute atomic E-state index is 0.131. The third kappa shape index (κ3) is 4.11. The highest BCUT2D eigenvalue weighted by atomic mass is 32.2. The van der Waals surface area contributed by atoms with Gasteiger partial charge in [-0.15, -0.1) is 0 Å². The number of thioether (sulfide) groups is 1. The van der Waals surface area contributed by atoms with Gasteiger partial charge in [-0.05, 0) is 31.2 Å². The van der Waals surface area contributed by atoms with Gasteiger partial charge in [-0.1, -0.05) is 23.9 Å². The molecule has 2 heterocycles. The Labute approximate surface area is 149 Å². The highest BCUT2D eigenvalue weighted by Gasteiger charge is 2.12. The fourth-order valence-electron chi connectivity index (χ4n) is 2.54. The van der Waals surface area contributed by atoms with Crippen LogP contribution in [0.3, 0.4) is 0 Å². The lowest BCUT2D eigenvalue weighted by Crippen LogP contribution is -2.28. The molecule has 25 heavy (non-hydrogen) atoms. The molecule has 0 aliphatic rings. The molecule has 6 nitrogen and oxygen atoms in total. The van der Waals surface area contributed by atoms with E-state index >= 15 is 0 Å². The van der Waals surface area contributed by atoms with E-state index in [1.807, 2.05) is 43.3 Å². The molecule has 0 spiro atoms.